The van der Waals surface area contributed by atoms with Crippen molar-refractivity contribution in [2.45, 2.75) is 27.3 Å². The van der Waals surface area contributed by atoms with E-state index in [1.807, 2.05) is 7.05 Å². The molecule has 0 aliphatic carbocycles. The lowest BCUT2D eigenvalue weighted by Gasteiger charge is -2.14. The SMILES string of the molecule is Cn1cc[n+](CC(C)(C)C)c1. The van der Waals surface area contributed by atoms with Gasteiger partial charge in [0, 0.05) is 0 Å². The quantitative estimate of drug-likeness (QED) is 0.539. The molecule has 0 bridgehead atoms. The molecule has 2 nitrogen and oxygen atoms in total. The van der Waals surface area contributed by atoms with Gasteiger partial charge in [-0.3, -0.25) is 0 Å². The van der Waals surface area contributed by atoms with Crippen LogP contribution in [0.25, 0.3) is 0 Å². The monoisotopic (exact) mass is 153 g/mol. The lowest BCUT2D eigenvalue weighted by Crippen LogP contribution is -2.38. The number of rotatable bonds is 1. The molecule has 0 amide bonds. The molecule has 2 heteroatoms. The molecular weight excluding hydrogens is 136 g/mol. The van der Waals surface area contributed by atoms with E-state index in [4.69, 9.17) is 0 Å². The van der Waals surface area contributed by atoms with Gasteiger partial charge in [-0.15, -0.1) is 0 Å². The average molecular weight is 153 g/mol. The van der Waals surface area contributed by atoms with Gasteiger partial charge in [0.05, 0.1) is 13.6 Å². The van der Waals surface area contributed by atoms with Gasteiger partial charge in [-0.2, -0.15) is 0 Å². The zero-order valence-electron chi connectivity index (χ0n) is 7.83. The first-order valence-electron chi connectivity index (χ1n) is 3.98. The number of aryl methyl sites for hydroxylation is 1. The Morgan fingerprint density at radius 1 is 1.36 bits per heavy atom. The van der Waals surface area contributed by atoms with Gasteiger partial charge in [-0.05, 0) is 5.41 Å². The molecular formula is C9H17N2+. The van der Waals surface area contributed by atoms with Crippen LogP contribution >= 0.6 is 0 Å². The van der Waals surface area contributed by atoms with E-state index in [-0.39, 0.29) is 0 Å². The predicted octanol–water partition coefficient (Wildman–Crippen LogP) is 1.36. The van der Waals surface area contributed by atoms with Crippen LogP contribution in [-0.4, -0.2) is 4.57 Å². The highest BCUT2D eigenvalue weighted by Crippen LogP contribution is 2.11. The van der Waals surface area contributed by atoms with Crippen LogP contribution < -0.4 is 4.57 Å². The van der Waals surface area contributed by atoms with Crippen molar-refractivity contribution >= 4 is 0 Å². The van der Waals surface area contributed by atoms with Crippen LogP contribution in [0.2, 0.25) is 0 Å². The first-order valence-corrected chi connectivity index (χ1v) is 3.98. The van der Waals surface area contributed by atoms with Gasteiger partial charge in [0.1, 0.15) is 12.4 Å². The second-order valence-electron chi connectivity index (χ2n) is 4.31. The first-order chi connectivity index (χ1) is 4.97. The summed E-state index contributed by atoms with van der Waals surface area (Å²) in [6.45, 7) is 7.81. The van der Waals surface area contributed by atoms with E-state index < -0.39 is 0 Å². The molecule has 0 aromatic carbocycles. The second-order valence-corrected chi connectivity index (χ2v) is 4.31. The summed E-state index contributed by atoms with van der Waals surface area (Å²) in [5.41, 5.74) is 0.367. The van der Waals surface area contributed by atoms with Crippen molar-refractivity contribution in [3.05, 3.63) is 18.7 Å². The second kappa shape index (κ2) is 2.68. The maximum absolute atomic E-state index is 2.24. The Morgan fingerprint density at radius 3 is 2.36 bits per heavy atom. The van der Waals surface area contributed by atoms with Gasteiger partial charge in [0.2, 0.25) is 6.33 Å². The molecule has 0 saturated carbocycles. The molecule has 0 aliphatic heterocycles. The van der Waals surface area contributed by atoms with E-state index in [1.54, 1.807) is 0 Å². The molecule has 0 spiro atoms. The fourth-order valence-electron chi connectivity index (χ4n) is 1.14. The molecule has 1 aromatic heterocycles. The molecule has 0 N–H and O–H groups in total. The third-order valence-electron chi connectivity index (χ3n) is 1.48. The van der Waals surface area contributed by atoms with Gasteiger partial charge in [0.15, 0.2) is 0 Å². The van der Waals surface area contributed by atoms with Crippen LogP contribution in [0.15, 0.2) is 18.7 Å². The van der Waals surface area contributed by atoms with Crippen LogP contribution in [0.5, 0.6) is 0 Å². The van der Waals surface area contributed by atoms with E-state index >= 15 is 0 Å². The maximum atomic E-state index is 2.24. The summed E-state index contributed by atoms with van der Waals surface area (Å²) >= 11 is 0. The summed E-state index contributed by atoms with van der Waals surface area (Å²) in [7, 11) is 2.04. The maximum Gasteiger partial charge on any atom is 0.243 e. The highest BCUT2D eigenvalue weighted by Gasteiger charge is 2.14. The van der Waals surface area contributed by atoms with Gasteiger partial charge >= 0.3 is 0 Å². The molecule has 1 rings (SSSR count). The lowest BCUT2D eigenvalue weighted by molar-refractivity contribution is -0.707. The summed E-state index contributed by atoms with van der Waals surface area (Å²) in [5.74, 6) is 0. The Kier molecular flexibility index (Phi) is 2.03. The van der Waals surface area contributed by atoms with Crippen molar-refractivity contribution in [1.82, 2.24) is 4.57 Å². The zero-order chi connectivity index (χ0) is 8.48. The topological polar surface area (TPSA) is 8.81 Å². The number of imidazole rings is 1. The van der Waals surface area contributed by atoms with Gasteiger partial charge in [-0.1, -0.05) is 20.8 Å². The summed E-state index contributed by atoms with van der Waals surface area (Å²) in [5, 5.41) is 0. The molecule has 0 aliphatic rings. The average Bonchev–Trinajstić information content (AvgIpc) is 2.10. The molecule has 0 atom stereocenters. The van der Waals surface area contributed by atoms with Crippen LogP contribution in [0, 0.1) is 5.41 Å². The number of nitrogens with zero attached hydrogens (tertiary/aromatic N) is 2. The van der Waals surface area contributed by atoms with Crippen molar-refractivity contribution in [2.75, 3.05) is 0 Å². The van der Waals surface area contributed by atoms with Gasteiger partial charge < -0.3 is 0 Å². The van der Waals surface area contributed by atoms with Gasteiger partial charge in [0.25, 0.3) is 0 Å². The van der Waals surface area contributed by atoms with Crippen LogP contribution in [0.1, 0.15) is 20.8 Å². The smallest absolute Gasteiger partial charge is 0.240 e. The Labute approximate surface area is 68.5 Å². The zero-order valence-corrected chi connectivity index (χ0v) is 7.83. The molecule has 11 heavy (non-hydrogen) atoms. The molecule has 0 radical (unpaired) electrons. The van der Waals surface area contributed by atoms with Crippen LogP contribution in [-0.2, 0) is 13.6 Å². The Hall–Kier alpha value is -0.790. The molecule has 1 heterocycles. The van der Waals surface area contributed by atoms with E-state index in [0.29, 0.717) is 5.41 Å². The number of hydrogen-bond acceptors (Lipinski definition) is 0. The summed E-state index contributed by atoms with van der Waals surface area (Å²) in [6.07, 6.45) is 6.27. The minimum Gasteiger partial charge on any atom is -0.240 e. The number of aromatic nitrogens is 2. The molecule has 0 fully saturated rings. The van der Waals surface area contributed by atoms with E-state index in [1.165, 1.54) is 0 Å². The first kappa shape index (κ1) is 8.31. The largest absolute Gasteiger partial charge is 0.243 e. The fraction of sp³-hybridized carbons (Fsp3) is 0.667. The lowest BCUT2D eigenvalue weighted by atomic mass is 9.97. The normalized spacial score (nSPS) is 12.0. The Morgan fingerprint density at radius 2 is 2.00 bits per heavy atom. The summed E-state index contributed by atoms with van der Waals surface area (Å²) in [6, 6.07) is 0. The van der Waals surface area contributed by atoms with E-state index in [2.05, 4.69) is 48.6 Å². The molecule has 62 valence electrons. The highest BCUT2D eigenvalue weighted by atomic mass is 15.1. The highest BCUT2D eigenvalue weighted by molar-refractivity contribution is 4.63. The summed E-state index contributed by atoms with van der Waals surface area (Å²) in [4.78, 5) is 0. The molecule has 0 unspecified atom stereocenters. The van der Waals surface area contributed by atoms with Crippen LogP contribution in [0.4, 0.5) is 0 Å². The van der Waals surface area contributed by atoms with Crippen molar-refractivity contribution in [1.29, 1.82) is 0 Å². The van der Waals surface area contributed by atoms with Crippen molar-refractivity contribution in [3.63, 3.8) is 0 Å². The van der Waals surface area contributed by atoms with Gasteiger partial charge in [-0.25, -0.2) is 9.13 Å². The Balaban J connectivity index is 2.65. The minimum atomic E-state index is 0.367. The summed E-state index contributed by atoms with van der Waals surface area (Å²) < 4.78 is 4.27. The number of hydrogen-bond donors (Lipinski definition) is 0. The standard InChI is InChI=1S/C9H17N2/c1-9(2,3)7-11-6-5-10(4)8-11/h5-6,8H,7H2,1-4H3/q+1. The predicted molar refractivity (Wildman–Crippen MR) is 45.1 cm³/mol. The van der Waals surface area contributed by atoms with E-state index in [0.717, 1.165) is 6.54 Å². The third kappa shape index (κ3) is 2.74. The third-order valence-corrected chi connectivity index (χ3v) is 1.48. The van der Waals surface area contributed by atoms with Crippen LogP contribution in [0.3, 0.4) is 0 Å². The fourth-order valence-corrected chi connectivity index (χ4v) is 1.14. The van der Waals surface area contributed by atoms with E-state index in [9.17, 15) is 0 Å². The van der Waals surface area contributed by atoms with Crippen molar-refractivity contribution < 1.29 is 4.57 Å². The minimum absolute atomic E-state index is 0.367. The van der Waals surface area contributed by atoms with Crippen molar-refractivity contribution in [3.8, 4) is 0 Å². The van der Waals surface area contributed by atoms with Crippen molar-refractivity contribution in [2.24, 2.45) is 12.5 Å². The molecule has 0 saturated heterocycles. The molecule has 1 aromatic rings. The Bertz CT molecular complexity index is 230.